The minimum Gasteiger partial charge on any atom is -0.465 e. The molecule has 0 saturated carbocycles. The van der Waals surface area contributed by atoms with Crippen molar-refractivity contribution in [2.24, 2.45) is 0 Å². The second kappa shape index (κ2) is 6.74. The maximum Gasteiger partial charge on any atom is 0.337 e. The Labute approximate surface area is 126 Å². The van der Waals surface area contributed by atoms with Gasteiger partial charge >= 0.3 is 5.97 Å². The van der Waals surface area contributed by atoms with Crippen molar-refractivity contribution >= 4 is 29.5 Å². The Hall–Kier alpha value is -1.57. The number of aromatic nitrogens is 2. The van der Waals surface area contributed by atoms with Gasteiger partial charge in [-0.25, -0.2) is 9.48 Å². The van der Waals surface area contributed by atoms with Gasteiger partial charge < -0.3 is 4.74 Å². The third kappa shape index (κ3) is 3.72. The summed E-state index contributed by atoms with van der Waals surface area (Å²) in [4.78, 5) is 13.4. The lowest BCUT2D eigenvalue weighted by Crippen LogP contribution is -2.22. The molecule has 0 saturated heterocycles. The summed E-state index contributed by atoms with van der Waals surface area (Å²) in [6.45, 7) is 1.39. The number of benzene rings is 1. The van der Waals surface area contributed by atoms with Crippen LogP contribution >= 0.6 is 23.6 Å². The quantitative estimate of drug-likeness (QED) is 0.627. The summed E-state index contributed by atoms with van der Waals surface area (Å²) in [5.41, 5.74) is 3.41. The molecule has 7 heteroatoms. The smallest absolute Gasteiger partial charge is 0.337 e. The van der Waals surface area contributed by atoms with E-state index in [9.17, 15) is 4.79 Å². The molecule has 0 aliphatic rings. The Kier molecular flexibility index (Phi) is 4.99. The van der Waals surface area contributed by atoms with E-state index < -0.39 is 0 Å². The molecule has 0 aliphatic carbocycles. The van der Waals surface area contributed by atoms with Crippen LogP contribution in [-0.2, 0) is 18.0 Å². The number of rotatable bonds is 5. The van der Waals surface area contributed by atoms with Crippen LogP contribution in [0.15, 0.2) is 29.8 Å². The van der Waals surface area contributed by atoms with Crippen LogP contribution in [0, 0.1) is 3.95 Å². The molecule has 1 aromatic heterocycles. The molecule has 0 fully saturated rings. The Morgan fingerprint density at radius 3 is 2.70 bits per heavy atom. The number of hydrogen-bond donors (Lipinski definition) is 0. The predicted octanol–water partition coefficient (Wildman–Crippen LogP) is 2.55. The summed E-state index contributed by atoms with van der Waals surface area (Å²) in [5.74, 6) is -0.321. The summed E-state index contributed by atoms with van der Waals surface area (Å²) in [7, 11) is 3.37. The Morgan fingerprint density at radius 1 is 1.45 bits per heavy atom. The van der Waals surface area contributed by atoms with Crippen LogP contribution in [0.25, 0.3) is 0 Å². The highest BCUT2D eigenvalue weighted by Crippen LogP contribution is 2.09. The van der Waals surface area contributed by atoms with Gasteiger partial charge in [-0.1, -0.05) is 23.5 Å². The first kappa shape index (κ1) is 14.8. The molecule has 0 atom stereocenters. The monoisotopic (exact) mass is 309 g/mol. The van der Waals surface area contributed by atoms with Crippen LogP contribution in [0.1, 0.15) is 15.9 Å². The summed E-state index contributed by atoms with van der Waals surface area (Å²) >= 11 is 6.62. The lowest BCUT2D eigenvalue weighted by molar-refractivity contribution is 0.0600. The van der Waals surface area contributed by atoms with Crippen molar-refractivity contribution in [2.75, 3.05) is 14.2 Å². The molecule has 0 aliphatic heterocycles. The minimum atomic E-state index is -0.321. The van der Waals surface area contributed by atoms with E-state index in [1.54, 1.807) is 22.3 Å². The van der Waals surface area contributed by atoms with Crippen molar-refractivity contribution < 1.29 is 9.53 Å². The summed E-state index contributed by atoms with van der Waals surface area (Å²) < 4.78 is 7.21. The van der Waals surface area contributed by atoms with Gasteiger partial charge in [-0.2, -0.15) is 5.10 Å². The fourth-order valence-electron chi connectivity index (χ4n) is 1.78. The molecule has 2 rings (SSSR count). The zero-order chi connectivity index (χ0) is 14.5. The molecule has 2 aromatic rings. The molecule has 0 N–H and O–H groups in total. The Morgan fingerprint density at radius 2 is 2.15 bits per heavy atom. The summed E-state index contributed by atoms with van der Waals surface area (Å²) in [5, 5.41) is 4.17. The maximum absolute atomic E-state index is 11.3. The van der Waals surface area contributed by atoms with Gasteiger partial charge in [0.2, 0.25) is 0 Å². The molecule has 1 heterocycles. The average molecular weight is 309 g/mol. The first-order valence-corrected chi connectivity index (χ1v) is 7.25. The third-order valence-electron chi connectivity index (χ3n) is 2.75. The third-order valence-corrected chi connectivity index (χ3v) is 3.87. The molecule has 0 spiro atoms. The highest BCUT2D eigenvalue weighted by Gasteiger charge is 2.06. The lowest BCUT2D eigenvalue weighted by Gasteiger charge is -2.16. The van der Waals surface area contributed by atoms with Gasteiger partial charge in [-0.05, 0) is 37.0 Å². The summed E-state index contributed by atoms with van der Waals surface area (Å²) in [6.07, 6.45) is 0. The normalized spacial score (nSPS) is 10.8. The number of methoxy groups -OCH3 is 1. The topological polar surface area (TPSA) is 47.4 Å². The van der Waals surface area contributed by atoms with E-state index in [4.69, 9.17) is 12.2 Å². The molecule has 20 heavy (non-hydrogen) atoms. The number of hydrogen-bond acceptors (Lipinski definition) is 6. The van der Waals surface area contributed by atoms with E-state index in [0.717, 1.165) is 16.1 Å². The van der Waals surface area contributed by atoms with Gasteiger partial charge in [0.25, 0.3) is 0 Å². The average Bonchev–Trinajstić information content (AvgIpc) is 2.84. The fourth-order valence-corrected chi connectivity index (χ4v) is 2.49. The van der Waals surface area contributed by atoms with Gasteiger partial charge in [0.1, 0.15) is 5.51 Å². The molecular weight excluding hydrogens is 294 g/mol. The standard InChI is InChI=1S/C13H15N3O2S2/c1-15(9-16-13(19)20-8-14-16)7-10-3-5-11(6-4-10)12(17)18-2/h3-6,8H,7,9H2,1-2H3. The highest BCUT2D eigenvalue weighted by atomic mass is 32.1. The van der Waals surface area contributed by atoms with E-state index in [1.807, 2.05) is 19.2 Å². The van der Waals surface area contributed by atoms with Gasteiger partial charge in [0, 0.05) is 6.54 Å². The van der Waals surface area contributed by atoms with Crippen LogP contribution in [0.4, 0.5) is 0 Å². The van der Waals surface area contributed by atoms with Gasteiger partial charge in [0.15, 0.2) is 3.95 Å². The Balaban J connectivity index is 1.97. The number of nitrogens with zero attached hydrogens (tertiary/aromatic N) is 3. The number of ether oxygens (including phenoxy) is 1. The lowest BCUT2D eigenvalue weighted by atomic mass is 10.1. The predicted molar refractivity (Wildman–Crippen MR) is 80.2 cm³/mol. The van der Waals surface area contributed by atoms with Crippen molar-refractivity contribution in [2.45, 2.75) is 13.2 Å². The molecule has 1 aromatic carbocycles. The maximum atomic E-state index is 11.3. The van der Waals surface area contributed by atoms with Crippen LogP contribution in [0.5, 0.6) is 0 Å². The number of carbonyl (C=O) groups excluding carboxylic acids is 1. The molecular formula is C13H15N3O2S2. The van der Waals surface area contributed by atoms with E-state index in [1.165, 1.54) is 18.4 Å². The van der Waals surface area contributed by atoms with Gasteiger partial charge in [0.05, 0.1) is 19.3 Å². The van der Waals surface area contributed by atoms with Crippen LogP contribution in [0.2, 0.25) is 0 Å². The van der Waals surface area contributed by atoms with Crippen LogP contribution in [-0.4, -0.2) is 34.8 Å². The zero-order valence-corrected chi connectivity index (χ0v) is 12.9. The zero-order valence-electron chi connectivity index (χ0n) is 11.3. The van der Waals surface area contributed by atoms with Gasteiger partial charge in [-0.3, -0.25) is 4.90 Å². The van der Waals surface area contributed by atoms with Crippen molar-refractivity contribution in [1.82, 2.24) is 14.7 Å². The molecule has 106 valence electrons. The highest BCUT2D eigenvalue weighted by molar-refractivity contribution is 7.73. The number of esters is 1. The minimum absolute atomic E-state index is 0.321. The molecule has 0 amide bonds. The SMILES string of the molecule is COC(=O)c1ccc(CN(C)Cn2ncsc2=S)cc1. The number of carbonyl (C=O) groups is 1. The van der Waals surface area contributed by atoms with E-state index in [0.29, 0.717) is 12.2 Å². The van der Waals surface area contributed by atoms with E-state index >= 15 is 0 Å². The largest absolute Gasteiger partial charge is 0.465 e. The molecule has 0 unspecified atom stereocenters. The van der Waals surface area contributed by atoms with E-state index in [-0.39, 0.29) is 5.97 Å². The van der Waals surface area contributed by atoms with Crippen molar-refractivity contribution in [1.29, 1.82) is 0 Å². The first-order valence-electron chi connectivity index (χ1n) is 5.96. The van der Waals surface area contributed by atoms with Crippen molar-refractivity contribution in [3.05, 3.63) is 44.9 Å². The molecule has 5 nitrogen and oxygen atoms in total. The van der Waals surface area contributed by atoms with Crippen LogP contribution in [0.3, 0.4) is 0 Å². The van der Waals surface area contributed by atoms with Crippen molar-refractivity contribution in [3.63, 3.8) is 0 Å². The van der Waals surface area contributed by atoms with E-state index in [2.05, 4.69) is 14.7 Å². The first-order chi connectivity index (χ1) is 9.60. The molecule has 0 radical (unpaired) electrons. The molecule has 0 bridgehead atoms. The van der Waals surface area contributed by atoms with Crippen LogP contribution < -0.4 is 0 Å². The second-order valence-corrected chi connectivity index (χ2v) is 5.83. The van der Waals surface area contributed by atoms with Gasteiger partial charge in [-0.15, -0.1) is 0 Å². The summed E-state index contributed by atoms with van der Waals surface area (Å²) in [6, 6.07) is 7.37. The van der Waals surface area contributed by atoms with Crippen molar-refractivity contribution in [3.8, 4) is 0 Å². The second-order valence-electron chi connectivity index (χ2n) is 4.35. The Bertz CT molecular complexity index is 634. The fraction of sp³-hybridized carbons (Fsp3) is 0.308.